The molecule has 0 bridgehead atoms. The summed E-state index contributed by atoms with van der Waals surface area (Å²) in [5, 5.41) is 3.69. The molecule has 0 unspecified atom stereocenters. The maximum Gasteiger partial charge on any atom is 0.0799 e. The molecule has 7 aromatic rings. The molecule has 0 saturated carbocycles. The quantitative estimate of drug-likeness (QED) is 0.118. The Balaban J connectivity index is 0.000000217. The summed E-state index contributed by atoms with van der Waals surface area (Å²) in [7, 11) is -1.50. The molecule has 251 valence electrons. The van der Waals surface area contributed by atoms with Crippen LogP contribution in [0.25, 0.3) is 53.8 Å². The second kappa shape index (κ2) is 15.9. The first-order chi connectivity index (χ1) is 24.1. The van der Waals surface area contributed by atoms with Gasteiger partial charge in [-0.25, -0.2) is 0 Å². The number of fused-ring (bicyclic) bond motifs is 3. The third kappa shape index (κ3) is 8.53. The van der Waals surface area contributed by atoms with Gasteiger partial charge in [-0.3, -0.25) is 0 Å². The molecule has 0 amide bonds. The molecule has 0 atom stereocenters. The van der Waals surface area contributed by atoms with Crippen LogP contribution in [0.4, 0.5) is 0 Å². The van der Waals surface area contributed by atoms with Crippen molar-refractivity contribution in [2.45, 2.75) is 59.6 Å². The monoisotopic (exact) mass is 856 g/mol. The Morgan fingerprint density at radius 2 is 1.55 bits per heavy atom. The summed E-state index contributed by atoms with van der Waals surface area (Å²) in [6.45, 7) is 14.6. The van der Waals surface area contributed by atoms with Crippen LogP contribution in [0.3, 0.4) is 0 Å². The van der Waals surface area contributed by atoms with Crippen LogP contribution in [-0.4, -0.2) is 18.0 Å². The zero-order valence-corrected chi connectivity index (χ0v) is 33.4. The van der Waals surface area contributed by atoms with E-state index in [9.17, 15) is 0 Å². The van der Waals surface area contributed by atoms with Gasteiger partial charge in [0.1, 0.15) is 0 Å². The molecule has 2 nitrogen and oxygen atoms in total. The van der Waals surface area contributed by atoms with E-state index in [1.165, 1.54) is 31.8 Å². The summed E-state index contributed by atoms with van der Waals surface area (Å²) in [5.74, 6) is -0.731. The van der Waals surface area contributed by atoms with E-state index in [0.29, 0.717) is 5.56 Å². The molecule has 3 aromatic heterocycles. The van der Waals surface area contributed by atoms with Gasteiger partial charge in [0.05, 0.1) is 8.07 Å². The first-order valence-electron chi connectivity index (χ1n) is 18.0. The molecule has 0 saturated heterocycles. The molecular formula is C44H44IrN2SSi-2. The Morgan fingerprint density at radius 3 is 2.24 bits per heavy atom. The Morgan fingerprint density at radius 1 is 0.776 bits per heavy atom. The van der Waals surface area contributed by atoms with Crippen molar-refractivity contribution in [2.75, 3.05) is 0 Å². The summed E-state index contributed by atoms with van der Waals surface area (Å²) in [4.78, 5) is 9.19. The maximum absolute atomic E-state index is 8.47. The Bertz CT molecular complexity index is 2290. The van der Waals surface area contributed by atoms with Crippen LogP contribution in [0.5, 0.6) is 0 Å². The van der Waals surface area contributed by atoms with E-state index < -0.39 is 20.3 Å². The molecule has 0 aliphatic rings. The zero-order valence-electron chi connectivity index (χ0n) is 32.2. The molecule has 0 spiro atoms. The second-order valence-corrected chi connectivity index (χ2v) is 19.7. The van der Waals surface area contributed by atoms with Gasteiger partial charge in [-0.15, -0.1) is 59.7 Å². The van der Waals surface area contributed by atoms with E-state index in [2.05, 4.69) is 96.3 Å². The van der Waals surface area contributed by atoms with Gasteiger partial charge in [0.25, 0.3) is 0 Å². The van der Waals surface area contributed by atoms with Gasteiger partial charge in [0.2, 0.25) is 0 Å². The predicted molar refractivity (Wildman–Crippen MR) is 211 cm³/mol. The number of thiophene rings is 1. The number of hydrogen-bond acceptors (Lipinski definition) is 3. The van der Waals surface area contributed by atoms with Crippen molar-refractivity contribution in [3.8, 4) is 33.6 Å². The first-order valence-corrected chi connectivity index (χ1v) is 20.8. The van der Waals surface area contributed by atoms with Crippen LogP contribution in [0.1, 0.15) is 48.8 Å². The average molecular weight is 856 g/mol. The number of hydrogen-bond donors (Lipinski definition) is 0. The Kier molecular flexibility index (Phi) is 10.5. The molecule has 0 aliphatic carbocycles. The van der Waals surface area contributed by atoms with Gasteiger partial charge in [-0.1, -0.05) is 118 Å². The van der Waals surface area contributed by atoms with Crippen molar-refractivity contribution in [1.82, 2.24) is 9.97 Å². The predicted octanol–water partition coefficient (Wildman–Crippen LogP) is 12.0. The molecule has 0 fully saturated rings. The fraction of sp³-hybridized carbons (Fsp3) is 0.227. The summed E-state index contributed by atoms with van der Waals surface area (Å²) in [5.41, 5.74) is 7.76. The molecule has 4 aromatic carbocycles. The third-order valence-electron chi connectivity index (χ3n) is 8.25. The van der Waals surface area contributed by atoms with E-state index in [1.54, 1.807) is 23.6 Å². The summed E-state index contributed by atoms with van der Waals surface area (Å²) in [6, 6.07) is 41.3. The minimum absolute atomic E-state index is 0. The van der Waals surface area contributed by atoms with Crippen molar-refractivity contribution in [1.29, 1.82) is 0 Å². The van der Waals surface area contributed by atoms with Crippen molar-refractivity contribution < 1.29 is 24.2 Å². The SMILES string of the molecule is [2H]C(C)(C)c1cc(-c2[c-]cccc2)ncc1[Si](C)(C)C.[2H]C([2H])(c1ccnc(-c2[c-]ccc3c2sc2cc(-c4ccccc4)ccc23)c1)C(C)C.[Ir]. The van der Waals surface area contributed by atoms with Crippen molar-refractivity contribution in [3.63, 3.8) is 0 Å². The molecule has 7 rings (SSSR count). The normalized spacial score (nSPS) is 12.9. The van der Waals surface area contributed by atoms with Crippen molar-refractivity contribution in [2.24, 2.45) is 5.92 Å². The molecule has 1 radical (unpaired) electrons. The van der Waals surface area contributed by atoms with Gasteiger partial charge in [0.15, 0.2) is 0 Å². The smallest absolute Gasteiger partial charge is 0.0799 e. The van der Waals surface area contributed by atoms with Gasteiger partial charge < -0.3 is 9.97 Å². The average Bonchev–Trinajstić information content (AvgIpc) is 3.50. The minimum Gasteiger partial charge on any atom is -0.305 e. The van der Waals surface area contributed by atoms with Crippen molar-refractivity contribution in [3.05, 3.63) is 139 Å². The standard InChI is InChI=1S/C27H22NS.C17H22NSi.Ir/c1-18(2)15-19-13-14-28-25(16-19)24-10-6-9-23-22-12-11-21(17-26(22)29-27(23)24)20-7-4-3-5-8-20;1-13(2)15-11-16(14-9-7-6-8-10-14)18-12-17(15)19(3,4)5;/h3-9,11-14,16-18H,15H2,1-2H3;6-9,11-13H,1-5H3;/q2*-1;/i15D2;13D;. The topological polar surface area (TPSA) is 25.8 Å². The van der Waals surface area contributed by atoms with E-state index in [1.807, 2.05) is 76.4 Å². The van der Waals surface area contributed by atoms with E-state index in [-0.39, 0.29) is 26.0 Å². The number of aromatic nitrogens is 2. The van der Waals surface area contributed by atoms with Crippen LogP contribution < -0.4 is 5.19 Å². The maximum atomic E-state index is 8.47. The first kappa shape index (κ1) is 32.5. The fourth-order valence-electron chi connectivity index (χ4n) is 5.90. The molecule has 0 N–H and O–H groups in total. The van der Waals surface area contributed by atoms with Crippen molar-refractivity contribution >= 4 is 44.8 Å². The third-order valence-corrected chi connectivity index (χ3v) is 11.4. The largest absolute Gasteiger partial charge is 0.305 e. The summed E-state index contributed by atoms with van der Waals surface area (Å²) in [6.07, 6.45) is 2.28. The Hall–Kier alpha value is -3.73. The molecular weight excluding hydrogens is 809 g/mol. The second-order valence-electron chi connectivity index (χ2n) is 13.6. The van der Waals surface area contributed by atoms with Gasteiger partial charge in [-0.05, 0) is 68.1 Å². The number of rotatable bonds is 7. The van der Waals surface area contributed by atoms with Crippen LogP contribution >= 0.6 is 11.3 Å². The number of pyridine rings is 2. The van der Waals surface area contributed by atoms with Gasteiger partial charge >= 0.3 is 0 Å². The van der Waals surface area contributed by atoms with E-state index >= 15 is 0 Å². The van der Waals surface area contributed by atoms with E-state index in [0.717, 1.165) is 32.8 Å². The van der Waals surface area contributed by atoms with Crippen LogP contribution in [0.15, 0.2) is 116 Å². The zero-order chi connectivity index (χ0) is 36.6. The summed E-state index contributed by atoms with van der Waals surface area (Å²) >= 11 is 1.75. The number of nitrogens with zero attached hydrogens (tertiary/aromatic N) is 2. The summed E-state index contributed by atoms with van der Waals surface area (Å²) < 4.78 is 27.7. The fourth-order valence-corrected chi connectivity index (χ4v) is 8.73. The van der Waals surface area contributed by atoms with E-state index in [4.69, 9.17) is 4.11 Å². The molecule has 49 heavy (non-hydrogen) atoms. The molecule has 0 aliphatic heterocycles. The van der Waals surface area contributed by atoms with Gasteiger partial charge in [-0.2, -0.15) is 11.3 Å². The van der Waals surface area contributed by atoms with Gasteiger partial charge in [0, 0.05) is 41.3 Å². The minimum atomic E-state index is -1.50. The molecule has 3 heterocycles. The Labute approximate surface area is 315 Å². The molecule has 5 heteroatoms. The number of benzene rings is 4. The van der Waals surface area contributed by atoms with Crippen LogP contribution in [0.2, 0.25) is 19.6 Å². The van der Waals surface area contributed by atoms with Crippen LogP contribution in [-0.2, 0) is 26.5 Å². The van der Waals surface area contributed by atoms with Crippen LogP contribution in [0, 0.1) is 18.1 Å².